The summed E-state index contributed by atoms with van der Waals surface area (Å²) in [6.45, 7) is 3.95. The minimum absolute atomic E-state index is 0.179. The highest BCUT2D eigenvalue weighted by molar-refractivity contribution is 5.20. The van der Waals surface area contributed by atoms with Gasteiger partial charge in [0.2, 0.25) is 0 Å². The third-order valence-electron chi connectivity index (χ3n) is 2.98. The molecule has 0 spiro atoms. The second kappa shape index (κ2) is 6.10. The van der Waals surface area contributed by atoms with E-state index in [1.54, 1.807) is 0 Å². The van der Waals surface area contributed by atoms with Gasteiger partial charge in [-0.15, -0.1) is 0 Å². The zero-order chi connectivity index (χ0) is 12.9. The van der Waals surface area contributed by atoms with Crippen molar-refractivity contribution in [3.63, 3.8) is 0 Å². The summed E-state index contributed by atoms with van der Waals surface area (Å²) < 4.78 is 26.6. The van der Waals surface area contributed by atoms with Crippen LogP contribution in [0.3, 0.4) is 0 Å². The van der Waals surface area contributed by atoms with Crippen LogP contribution in [0.4, 0.5) is 8.78 Å². The van der Waals surface area contributed by atoms with Crippen molar-refractivity contribution in [3.8, 4) is 0 Å². The van der Waals surface area contributed by atoms with Gasteiger partial charge in [-0.2, -0.15) is 0 Å². The average molecular weight is 242 g/mol. The summed E-state index contributed by atoms with van der Waals surface area (Å²) >= 11 is 0. The smallest absolute Gasteiger partial charge is 0.162 e. The first-order chi connectivity index (χ1) is 8.02. The topological polar surface area (TPSA) is 20.2 Å². The van der Waals surface area contributed by atoms with E-state index < -0.39 is 17.2 Å². The Morgan fingerprint density at radius 2 is 1.71 bits per heavy atom. The van der Waals surface area contributed by atoms with E-state index >= 15 is 0 Å². The minimum atomic E-state index is -0.919. The van der Waals surface area contributed by atoms with Crippen LogP contribution in [0.25, 0.3) is 0 Å². The van der Waals surface area contributed by atoms with Crippen LogP contribution in [0.1, 0.15) is 45.1 Å². The van der Waals surface area contributed by atoms with Gasteiger partial charge in [-0.05, 0) is 24.5 Å². The number of hydrogen-bond donors (Lipinski definition) is 1. The zero-order valence-electron chi connectivity index (χ0n) is 10.5. The van der Waals surface area contributed by atoms with Gasteiger partial charge in [0.1, 0.15) is 0 Å². The molecule has 0 radical (unpaired) electrons. The Morgan fingerprint density at radius 3 is 2.24 bits per heavy atom. The molecule has 1 aromatic rings. The quantitative estimate of drug-likeness (QED) is 0.803. The molecule has 17 heavy (non-hydrogen) atoms. The molecular weight excluding hydrogens is 222 g/mol. The van der Waals surface area contributed by atoms with Crippen LogP contribution in [-0.4, -0.2) is 10.7 Å². The van der Waals surface area contributed by atoms with Gasteiger partial charge in [0.15, 0.2) is 11.6 Å². The predicted molar refractivity (Wildman–Crippen MR) is 64.8 cm³/mol. The third-order valence-corrected chi connectivity index (χ3v) is 2.98. The van der Waals surface area contributed by atoms with Crippen LogP contribution in [0.5, 0.6) is 0 Å². The molecule has 96 valence electrons. The van der Waals surface area contributed by atoms with Crippen molar-refractivity contribution >= 4 is 0 Å². The summed E-state index contributed by atoms with van der Waals surface area (Å²) in [7, 11) is 0. The molecule has 0 aliphatic rings. The summed E-state index contributed by atoms with van der Waals surface area (Å²) in [4.78, 5) is 0. The van der Waals surface area contributed by atoms with E-state index in [1.165, 1.54) is 12.1 Å². The second-order valence-electron chi connectivity index (χ2n) is 4.61. The highest BCUT2D eigenvalue weighted by atomic mass is 19.2. The van der Waals surface area contributed by atoms with Gasteiger partial charge in [0, 0.05) is 6.42 Å². The van der Waals surface area contributed by atoms with E-state index in [0.29, 0.717) is 12.8 Å². The van der Waals surface area contributed by atoms with Crippen LogP contribution in [0.15, 0.2) is 18.2 Å². The second-order valence-corrected chi connectivity index (χ2v) is 4.61. The number of rotatable bonds is 6. The number of hydrogen-bond acceptors (Lipinski definition) is 1. The van der Waals surface area contributed by atoms with E-state index in [4.69, 9.17) is 0 Å². The largest absolute Gasteiger partial charge is 0.390 e. The lowest BCUT2D eigenvalue weighted by molar-refractivity contribution is 0.0207. The summed E-state index contributed by atoms with van der Waals surface area (Å²) in [5.41, 5.74) is -0.660. The molecule has 0 amide bonds. The molecule has 0 saturated heterocycles. The van der Waals surface area contributed by atoms with Crippen LogP contribution in [0.2, 0.25) is 0 Å². The van der Waals surface area contributed by atoms with Gasteiger partial charge >= 0.3 is 0 Å². The first-order valence-electron chi connectivity index (χ1n) is 6.17. The van der Waals surface area contributed by atoms with Gasteiger partial charge < -0.3 is 5.11 Å². The molecule has 3 heteroatoms. The van der Waals surface area contributed by atoms with E-state index in [2.05, 4.69) is 0 Å². The fourth-order valence-corrected chi connectivity index (χ4v) is 2.27. The van der Waals surface area contributed by atoms with Crippen LogP contribution >= 0.6 is 0 Å². The maximum Gasteiger partial charge on any atom is 0.162 e. The van der Waals surface area contributed by atoms with Crippen molar-refractivity contribution in [1.82, 2.24) is 0 Å². The molecule has 0 aromatic heterocycles. The average Bonchev–Trinajstić information content (AvgIpc) is 2.25. The molecule has 0 aliphatic carbocycles. The Bertz CT molecular complexity index is 357. The fraction of sp³-hybridized carbons (Fsp3) is 0.571. The van der Waals surface area contributed by atoms with Gasteiger partial charge in [-0.3, -0.25) is 0 Å². The summed E-state index contributed by atoms with van der Waals surface area (Å²) in [5.74, 6) is -1.68. The zero-order valence-corrected chi connectivity index (χ0v) is 10.5. The van der Waals surface area contributed by atoms with E-state index in [-0.39, 0.29) is 12.0 Å². The SMILES string of the molecule is CCCC(O)(CCC)Cc1cccc(F)c1F. The number of benzene rings is 1. The number of halogens is 2. The summed E-state index contributed by atoms with van der Waals surface area (Å²) in [5, 5.41) is 10.4. The van der Waals surface area contributed by atoms with Crippen molar-refractivity contribution in [2.24, 2.45) is 0 Å². The Hall–Kier alpha value is -0.960. The van der Waals surface area contributed by atoms with Crippen LogP contribution < -0.4 is 0 Å². The lowest BCUT2D eigenvalue weighted by Gasteiger charge is -2.27. The molecule has 0 saturated carbocycles. The number of aliphatic hydroxyl groups is 1. The van der Waals surface area contributed by atoms with Gasteiger partial charge in [0.05, 0.1) is 5.60 Å². The molecule has 0 fully saturated rings. The maximum atomic E-state index is 13.5. The summed E-state index contributed by atoms with van der Waals surface area (Å²) in [6, 6.07) is 4.11. The normalized spacial score (nSPS) is 11.8. The molecule has 1 nitrogen and oxygen atoms in total. The molecule has 1 aromatic carbocycles. The fourth-order valence-electron chi connectivity index (χ4n) is 2.27. The molecular formula is C14H20F2O. The highest BCUT2D eigenvalue weighted by Gasteiger charge is 2.27. The van der Waals surface area contributed by atoms with Gasteiger partial charge in [-0.1, -0.05) is 38.8 Å². The van der Waals surface area contributed by atoms with Crippen molar-refractivity contribution in [1.29, 1.82) is 0 Å². The van der Waals surface area contributed by atoms with E-state index in [1.807, 2.05) is 13.8 Å². The van der Waals surface area contributed by atoms with Crippen molar-refractivity contribution in [3.05, 3.63) is 35.4 Å². The lowest BCUT2D eigenvalue weighted by Crippen LogP contribution is -2.31. The van der Waals surface area contributed by atoms with Crippen LogP contribution in [-0.2, 0) is 6.42 Å². The Kier molecular flexibility index (Phi) is 5.06. The van der Waals surface area contributed by atoms with Crippen molar-refractivity contribution < 1.29 is 13.9 Å². The Balaban J connectivity index is 2.89. The molecule has 0 aliphatic heterocycles. The maximum absolute atomic E-state index is 13.5. The van der Waals surface area contributed by atoms with E-state index in [9.17, 15) is 13.9 Å². The molecule has 0 heterocycles. The van der Waals surface area contributed by atoms with Gasteiger partial charge in [0.25, 0.3) is 0 Å². The first-order valence-corrected chi connectivity index (χ1v) is 6.17. The third kappa shape index (κ3) is 3.77. The molecule has 0 unspecified atom stereocenters. The Labute approximate surface area is 101 Å². The van der Waals surface area contributed by atoms with E-state index in [0.717, 1.165) is 18.9 Å². The van der Waals surface area contributed by atoms with Crippen LogP contribution in [0, 0.1) is 11.6 Å². The van der Waals surface area contributed by atoms with Gasteiger partial charge in [-0.25, -0.2) is 8.78 Å². The lowest BCUT2D eigenvalue weighted by atomic mass is 9.86. The summed E-state index contributed by atoms with van der Waals surface area (Å²) in [6.07, 6.45) is 3.05. The molecule has 0 bridgehead atoms. The monoisotopic (exact) mass is 242 g/mol. The first kappa shape index (κ1) is 14.1. The Morgan fingerprint density at radius 1 is 1.12 bits per heavy atom. The van der Waals surface area contributed by atoms with Crippen molar-refractivity contribution in [2.45, 2.75) is 51.6 Å². The predicted octanol–water partition coefficient (Wildman–Crippen LogP) is 3.84. The molecule has 1 rings (SSSR count). The minimum Gasteiger partial charge on any atom is -0.390 e. The standard InChI is InChI=1S/C14H20F2O/c1-3-8-14(17,9-4-2)10-11-6-5-7-12(15)13(11)16/h5-7,17H,3-4,8-10H2,1-2H3. The van der Waals surface area contributed by atoms with Crippen molar-refractivity contribution in [2.75, 3.05) is 0 Å². The highest BCUT2D eigenvalue weighted by Crippen LogP contribution is 2.26. The molecule has 0 atom stereocenters. The molecule has 1 N–H and O–H groups in total.